The molecule has 168 valence electrons. The Labute approximate surface area is 182 Å². The molecular formula is C21H21N3O8. The number of hydrogen-bond acceptors (Lipinski definition) is 8. The van der Waals surface area contributed by atoms with Crippen molar-refractivity contribution >= 4 is 23.5 Å². The third kappa shape index (κ3) is 5.72. The van der Waals surface area contributed by atoms with E-state index in [1.54, 1.807) is 25.1 Å². The number of nitrogens with zero attached hydrogens (tertiary/aromatic N) is 1. The fourth-order valence-corrected chi connectivity index (χ4v) is 3.04. The van der Waals surface area contributed by atoms with Gasteiger partial charge in [0.2, 0.25) is 12.7 Å². The van der Waals surface area contributed by atoms with Crippen molar-refractivity contribution in [2.75, 3.05) is 19.9 Å². The number of hydrogen-bond donors (Lipinski definition) is 2. The molecule has 0 radical (unpaired) electrons. The molecule has 0 aromatic heterocycles. The zero-order chi connectivity index (χ0) is 23.1. The molecular weight excluding hydrogens is 422 g/mol. The summed E-state index contributed by atoms with van der Waals surface area (Å²) in [5.41, 5.74) is 0.408. The zero-order valence-corrected chi connectivity index (χ0v) is 17.2. The summed E-state index contributed by atoms with van der Waals surface area (Å²) >= 11 is 0. The molecule has 1 heterocycles. The summed E-state index contributed by atoms with van der Waals surface area (Å²) in [5.74, 6) is -0.663. The molecule has 2 aromatic rings. The Hall–Kier alpha value is -4.15. The first-order valence-corrected chi connectivity index (χ1v) is 9.74. The molecule has 1 unspecified atom stereocenters. The third-order valence-electron chi connectivity index (χ3n) is 4.54. The highest BCUT2D eigenvalue weighted by atomic mass is 16.7. The summed E-state index contributed by atoms with van der Waals surface area (Å²) in [4.78, 5) is 47.0. The topological polar surface area (TPSA) is 146 Å². The van der Waals surface area contributed by atoms with Gasteiger partial charge in [0.05, 0.1) is 30.5 Å². The quantitative estimate of drug-likeness (QED) is 0.339. The van der Waals surface area contributed by atoms with Crippen molar-refractivity contribution in [2.45, 2.75) is 19.4 Å². The Kier molecular flexibility index (Phi) is 7.21. The standard InChI is InChI=1S/C21H21N3O8/c1-2-30-20(26)10-16(13-6-7-17-18(9-13)32-12-31-17)23-19(25)11-22-21(27)14-4-3-5-15(8-14)24(28)29/h3-9,16H,2,10-12H2,1H3,(H,22,27)(H,23,25). The molecule has 3 rings (SSSR count). The largest absolute Gasteiger partial charge is 0.466 e. The molecule has 1 aliphatic rings. The van der Waals surface area contributed by atoms with Crippen LogP contribution in [0.4, 0.5) is 5.69 Å². The minimum Gasteiger partial charge on any atom is -0.466 e. The number of esters is 1. The molecule has 11 nitrogen and oxygen atoms in total. The van der Waals surface area contributed by atoms with Gasteiger partial charge in [0.25, 0.3) is 11.6 Å². The van der Waals surface area contributed by atoms with Gasteiger partial charge in [-0.2, -0.15) is 0 Å². The molecule has 0 spiro atoms. The van der Waals surface area contributed by atoms with E-state index >= 15 is 0 Å². The van der Waals surface area contributed by atoms with Gasteiger partial charge in [0.1, 0.15) is 0 Å². The molecule has 2 N–H and O–H groups in total. The molecule has 0 saturated heterocycles. The van der Waals surface area contributed by atoms with E-state index in [1.807, 2.05) is 0 Å². The van der Waals surface area contributed by atoms with Gasteiger partial charge in [-0.05, 0) is 30.7 Å². The predicted molar refractivity (Wildman–Crippen MR) is 110 cm³/mol. The van der Waals surface area contributed by atoms with Crippen molar-refractivity contribution in [3.8, 4) is 11.5 Å². The second-order valence-corrected chi connectivity index (χ2v) is 6.73. The Morgan fingerprint density at radius 1 is 1.16 bits per heavy atom. The fourth-order valence-electron chi connectivity index (χ4n) is 3.04. The van der Waals surface area contributed by atoms with Crippen LogP contribution in [0.2, 0.25) is 0 Å². The number of nitrogens with one attached hydrogen (secondary N) is 2. The Balaban J connectivity index is 1.65. The van der Waals surface area contributed by atoms with Crippen LogP contribution in [0.5, 0.6) is 11.5 Å². The lowest BCUT2D eigenvalue weighted by molar-refractivity contribution is -0.384. The summed E-state index contributed by atoms with van der Waals surface area (Å²) < 4.78 is 15.6. The number of rotatable bonds is 9. The van der Waals surface area contributed by atoms with Crippen LogP contribution in [-0.4, -0.2) is 42.7 Å². The third-order valence-corrected chi connectivity index (χ3v) is 4.54. The van der Waals surface area contributed by atoms with E-state index in [9.17, 15) is 24.5 Å². The fraction of sp³-hybridized carbons (Fsp3) is 0.286. The molecule has 0 bridgehead atoms. The van der Waals surface area contributed by atoms with Gasteiger partial charge in [-0.1, -0.05) is 12.1 Å². The first-order valence-electron chi connectivity index (χ1n) is 9.74. The molecule has 0 aliphatic carbocycles. The number of carbonyl (C=O) groups is 3. The second kappa shape index (κ2) is 10.2. The lowest BCUT2D eigenvalue weighted by Gasteiger charge is -2.19. The highest BCUT2D eigenvalue weighted by molar-refractivity contribution is 5.97. The number of carbonyl (C=O) groups excluding carboxylic acids is 3. The number of fused-ring (bicyclic) bond motifs is 1. The molecule has 2 amide bonds. The molecule has 11 heteroatoms. The number of nitro benzene ring substituents is 1. The van der Waals surface area contributed by atoms with Crippen molar-refractivity contribution in [3.05, 3.63) is 63.7 Å². The maximum Gasteiger partial charge on any atom is 0.308 e. The van der Waals surface area contributed by atoms with Crippen LogP contribution in [-0.2, 0) is 14.3 Å². The van der Waals surface area contributed by atoms with Gasteiger partial charge >= 0.3 is 5.97 Å². The number of nitro groups is 1. The highest BCUT2D eigenvalue weighted by Crippen LogP contribution is 2.34. The SMILES string of the molecule is CCOC(=O)CC(NC(=O)CNC(=O)c1cccc([N+](=O)[O-])c1)c1ccc2c(c1)OCO2. The number of amides is 2. The van der Waals surface area contributed by atoms with Crippen LogP contribution < -0.4 is 20.1 Å². The van der Waals surface area contributed by atoms with E-state index in [0.717, 1.165) is 6.07 Å². The van der Waals surface area contributed by atoms with Crippen molar-refractivity contribution in [2.24, 2.45) is 0 Å². The first kappa shape index (κ1) is 22.5. The van der Waals surface area contributed by atoms with Crippen LogP contribution in [0.25, 0.3) is 0 Å². The van der Waals surface area contributed by atoms with Crippen LogP contribution in [0, 0.1) is 10.1 Å². The van der Waals surface area contributed by atoms with Crippen molar-refractivity contribution in [3.63, 3.8) is 0 Å². The van der Waals surface area contributed by atoms with Gasteiger partial charge in [0.15, 0.2) is 11.5 Å². The summed E-state index contributed by atoms with van der Waals surface area (Å²) in [5, 5.41) is 16.0. The minimum atomic E-state index is -0.731. The van der Waals surface area contributed by atoms with E-state index in [-0.39, 0.29) is 31.1 Å². The molecule has 32 heavy (non-hydrogen) atoms. The second-order valence-electron chi connectivity index (χ2n) is 6.73. The summed E-state index contributed by atoms with van der Waals surface area (Å²) in [7, 11) is 0. The highest BCUT2D eigenvalue weighted by Gasteiger charge is 2.23. The van der Waals surface area contributed by atoms with Crippen LogP contribution in [0.15, 0.2) is 42.5 Å². The first-order chi connectivity index (χ1) is 15.4. The average molecular weight is 443 g/mol. The molecule has 0 fully saturated rings. The van der Waals surface area contributed by atoms with Crippen molar-refractivity contribution < 1.29 is 33.5 Å². The van der Waals surface area contributed by atoms with Gasteiger partial charge in [-0.3, -0.25) is 24.5 Å². The Morgan fingerprint density at radius 3 is 2.69 bits per heavy atom. The lowest BCUT2D eigenvalue weighted by atomic mass is 10.0. The van der Waals surface area contributed by atoms with E-state index in [4.69, 9.17) is 14.2 Å². The summed E-state index contributed by atoms with van der Waals surface area (Å²) in [6.45, 7) is 1.55. The summed E-state index contributed by atoms with van der Waals surface area (Å²) in [6, 6.07) is 9.45. The zero-order valence-electron chi connectivity index (χ0n) is 17.2. The normalized spacial score (nSPS) is 12.5. The van der Waals surface area contributed by atoms with Crippen LogP contribution in [0.3, 0.4) is 0 Å². The van der Waals surface area contributed by atoms with Gasteiger partial charge < -0.3 is 24.8 Å². The van der Waals surface area contributed by atoms with Crippen LogP contribution in [0.1, 0.15) is 35.3 Å². The minimum absolute atomic E-state index is 0.0471. The van der Waals surface area contributed by atoms with E-state index < -0.39 is 35.3 Å². The number of benzene rings is 2. The van der Waals surface area contributed by atoms with E-state index in [1.165, 1.54) is 18.2 Å². The van der Waals surface area contributed by atoms with Gasteiger partial charge in [-0.25, -0.2) is 0 Å². The predicted octanol–water partition coefficient (Wildman–Crippen LogP) is 1.86. The van der Waals surface area contributed by atoms with Gasteiger partial charge in [0, 0.05) is 17.7 Å². The molecule has 0 saturated carbocycles. The number of ether oxygens (including phenoxy) is 3. The monoisotopic (exact) mass is 443 g/mol. The smallest absolute Gasteiger partial charge is 0.308 e. The van der Waals surface area contributed by atoms with Crippen molar-refractivity contribution in [1.82, 2.24) is 10.6 Å². The maximum absolute atomic E-state index is 12.5. The van der Waals surface area contributed by atoms with Gasteiger partial charge in [-0.15, -0.1) is 0 Å². The lowest BCUT2D eigenvalue weighted by Crippen LogP contribution is -2.39. The van der Waals surface area contributed by atoms with Crippen molar-refractivity contribution in [1.29, 1.82) is 0 Å². The Morgan fingerprint density at radius 2 is 1.94 bits per heavy atom. The van der Waals surface area contributed by atoms with E-state index in [0.29, 0.717) is 17.1 Å². The number of non-ortho nitro benzene ring substituents is 1. The average Bonchev–Trinajstić information content (AvgIpc) is 3.25. The molecule has 1 aliphatic heterocycles. The molecule has 2 aromatic carbocycles. The molecule has 1 atom stereocenters. The Bertz CT molecular complexity index is 1040. The van der Waals surface area contributed by atoms with Crippen LogP contribution >= 0.6 is 0 Å². The maximum atomic E-state index is 12.5. The van der Waals surface area contributed by atoms with E-state index in [2.05, 4.69) is 10.6 Å². The summed E-state index contributed by atoms with van der Waals surface area (Å²) in [6.07, 6.45) is -0.127.